The predicted octanol–water partition coefficient (Wildman–Crippen LogP) is 2.25. The van der Waals surface area contributed by atoms with Gasteiger partial charge in [0.2, 0.25) is 0 Å². The van der Waals surface area contributed by atoms with E-state index in [1.165, 1.54) is 22.4 Å². The number of likely N-dealkylation sites (N-methyl/N-ethyl adjacent to an activating group) is 1. The zero-order valence-electron chi connectivity index (χ0n) is 9.58. The fourth-order valence-electron chi connectivity index (χ4n) is 2.48. The van der Waals surface area contributed by atoms with Gasteiger partial charge in [-0.25, -0.2) is 0 Å². The number of aryl methyl sites for hydroxylation is 2. The molecule has 2 heteroatoms. The molecule has 0 bridgehead atoms. The van der Waals surface area contributed by atoms with E-state index in [1.807, 2.05) is 0 Å². The third-order valence-electron chi connectivity index (χ3n) is 3.33. The van der Waals surface area contributed by atoms with Crippen LogP contribution in [0.3, 0.4) is 0 Å². The second-order valence-corrected chi connectivity index (χ2v) is 4.45. The van der Waals surface area contributed by atoms with Crippen LogP contribution >= 0.6 is 0 Å². The van der Waals surface area contributed by atoms with Crippen LogP contribution in [-0.4, -0.2) is 19.4 Å². The molecule has 0 saturated heterocycles. The Labute approximate surface area is 90.9 Å². The van der Waals surface area contributed by atoms with Crippen LogP contribution in [0.25, 0.3) is 0 Å². The molecule has 1 unspecified atom stereocenters. The molecule has 1 aliphatic heterocycles. The molecular weight excluding hydrogens is 186 g/mol. The average Bonchev–Trinajstić information content (AvgIpc) is 2.47. The van der Waals surface area contributed by atoms with Gasteiger partial charge in [0.05, 0.1) is 0 Å². The summed E-state index contributed by atoms with van der Waals surface area (Å²) in [6.07, 6.45) is 2.66. The Morgan fingerprint density at radius 2 is 2.20 bits per heavy atom. The minimum absolute atomic E-state index is 0.359. The Kier molecular flexibility index (Phi) is 2.51. The number of anilines is 1. The smallest absolute Gasteiger partial charge is 0.122 e. The van der Waals surface area contributed by atoms with Crippen molar-refractivity contribution in [3.05, 3.63) is 28.8 Å². The molecule has 1 atom stereocenters. The maximum Gasteiger partial charge on any atom is 0.122 e. The van der Waals surface area contributed by atoms with E-state index < -0.39 is 0 Å². The van der Waals surface area contributed by atoms with Gasteiger partial charge in [-0.15, -0.1) is 0 Å². The van der Waals surface area contributed by atoms with Gasteiger partial charge < -0.3 is 9.69 Å². The highest BCUT2D eigenvalue weighted by molar-refractivity contribution is 5.65. The van der Waals surface area contributed by atoms with E-state index in [4.69, 9.17) is 0 Å². The van der Waals surface area contributed by atoms with Gasteiger partial charge in [-0.2, -0.15) is 0 Å². The second kappa shape index (κ2) is 3.69. The van der Waals surface area contributed by atoms with Crippen LogP contribution in [0.15, 0.2) is 12.1 Å². The third kappa shape index (κ3) is 1.65. The Morgan fingerprint density at radius 3 is 2.87 bits per heavy atom. The Hall–Kier alpha value is -1.31. The topological polar surface area (TPSA) is 20.3 Å². The van der Waals surface area contributed by atoms with Gasteiger partial charge in [-0.05, 0) is 43.0 Å². The number of carbonyl (C=O) groups is 1. The summed E-state index contributed by atoms with van der Waals surface area (Å²) < 4.78 is 0. The van der Waals surface area contributed by atoms with Crippen LogP contribution in [0.2, 0.25) is 0 Å². The highest BCUT2D eigenvalue weighted by atomic mass is 16.1. The quantitative estimate of drug-likeness (QED) is 0.687. The fraction of sp³-hybridized carbons (Fsp3) is 0.462. The van der Waals surface area contributed by atoms with Crippen molar-refractivity contribution in [1.29, 1.82) is 0 Å². The number of fused-ring (bicyclic) bond motifs is 1. The summed E-state index contributed by atoms with van der Waals surface area (Å²) in [5.41, 5.74) is 5.37. The molecule has 0 aromatic heterocycles. The highest BCUT2D eigenvalue weighted by Gasteiger charge is 2.27. The number of benzene rings is 1. The normalized spacial score (nSPS) is 19.1. The maximum absolute atomic E-state index is 10.6. The van der Waals surface area contributed by atoms with Crippen molar-refractivity contribution in [1.82, 2.24) is 0 Å². The van der Waals surface area contributed by atoms with Crippen LogP contribution in [0.5, 0.6) is 0 Å². The van der Waals surface area contributed by atoms with Gasteiger partial charge in [0.1, 0.15) is 6.29 Å². The summed E-state index contributed by atoms with van der Waals surface area (Å²) in [6, 6.07) is 4.79. The van der Waals surface area contributed by atoms with Gasteiger partial charge in [-0.1, -0.05) is 6.07 Å². The summed E-state index contributed by atoms with van der Waals surface area (Å²) in [5.74, 6) is 0. The third-order valence-corrected chi connectivity index (χ3v) is 3.33. The molecule has 2 nitrogen and oxygen atoms in total. The largest absolute Gasteiger partial charge is 0.371 e. The SMILES string of the molecule is Cc1cc(C)c2c(c1)N(C)C(CC=O)C2. The van der Waals surface area contributed by atoms with Gasteiger partial charge in [0, 0.05) is 25.2 Å². The number of hydrogen-bond donors (Lipinski definition) is 0. The summed E-state index contributed by atoms with van der Waals surface area (Å²) in [7, 11) is 2.08. The minimum atomic E-state index is 0.359. The van der Waals surface area contributed by atoms with Crippen LogP contribution in [0, 0.1) is 13.8 Å². The Morgan fingerprint density at radius 1 is 1.47 bits per heavy atom. The van der Waals surface area contributed by atoms with Crippen molar-refractivity contribution in [2.24, 2.45) is 0 Å². The molecule has 1 heterocycles. The van der Waals surface area contributed by atoms with Gasteiger partial charge >= 0.3 is 0 Å². The number of rotatable bonds is 2. The lowest BCUT2D eigenvalue weighted by atomic mass is 10.0. The van der Waals surface area contributed by atoms with E-state index in [0.29, 0.717) is 12.5 Å². The first-order valence-electron chi connectivity index (χ1n) is 5.40. The molecule has 0 aliphatic carbocycles. The molecule has 1 aromatic rings. The molecule has 0 N–H and O–H groups in total. The lowest BCUT2D eigenvalue weighted by molar-refractivity contribution is -0.108. The Bertz CT molecular complexity index is 398. The van der Waals surface area contributed by atoms with E-state index in [-0.39, 0.29) is 0 Å². The summed E-state index contributed by atoms with van der Waals surface area (Å²) >= 11 is 0. The molecule has 2 rings (SSSR count). The lowest BCUT2D eigenvalue weighted by Crippen LogP contribution is -2.27. The van der Waals surface area contributed by atoms with E-state index in [0.717, 1.165) is 12.7 Å². The molecule has 1 aromatic carbocycles. The minimum Gasteiger partial charge on any atom is -0.371 e. The van der Waals surface area contributed by atoms with Gasteiger partial charge in [0.25, 0.3) is 0 Å². The lowest BCUT2D eigenvalue weighted by Gasteiger charge is -2.20. The van der Waals surface area contributed by atoms with Crippen molar-refractivity contribution < 1.29 is 4.79 Å². The first-order valence-corrected chi connectivity index (χ1v) is 5.40. The zero-order chi connectivity index (χ0) is 11.0. The van der Waals surface area contributed by atoms with Crippen molar-refractivity contribution in [3.8, 4) is 0 Å². The van der Waals surface area contributed by atoms with Crippen molar-refractivity contribution in [2.75, 3.05) is 11.9 Å². The Balaban J connectivity index is 2.40. The molecule has 0 radical (unpaired) electrons. The number of carbonyl (C=O) groups excluding carboxylic acids is 1. The molecule has 0 spiro atoms. The van der Waals surface area contributed by atoms with Gasteiger partial charge in [-0.3, -0.25) is 0 Å². The van der Waals surface area contributed by atoms with Crippen molar-refractivity contribution >= 4 is 12.0 Å². The molecular formula is C13H17NO. The molecule has 0 saturated carbocycles. The zero-order valence-corrected chi connectivity index (χ0v) is 9.58. The van der Waals surface area contributed by atoms with Crippen LogP contribution < -0.4 is 4.90 Å². The van der Waals surface area contributed by atoms with Crippen LogP contribution in [0.1, 0.15) is 23.1 Å². The van der Waals surface area contributed by atoms with E-state index in [9.17, 15) is 4.79 Å². The first kappa shape index (κ1) is 10.2. The van der Waals surface area contributed by atoms with Crippen molar-refractivity contribution in [2.45, 2.75) is 32.7 Å². The van der Waals surface area contributed by atoms with E-state index in [2.05, 4.69) is 37.9 Å². The van der Waals surface area contributed by atoms with E-state index >= 15 is 0 Å². The molecule has 80 valence electrons. The fourth-order valence-corrected chi connectivity index (χ4v) is 2.48. The summed E-state index contributed by atoms with van der Waals surface area (Å²) in [5, 5.41) is 0. The molecule has 0 fully saturated rings. The van der Waals surface area contributed by atoms with Crippen LogP contribution in [-0.2, 0) is 11.2 Å². The molecule has 1 aliphatic rings. The van der Waals surface area contributed by atoms with E-state index in [1.54, 1.807) is 0 Å². The number of hydrogen-bond acceptors (Lipinski definition) is 2. The average molecular weight is 203 g/mol. The van der Waals surface area contributed by atoms with Crippen LogP contribution in [0.4, 0.5) is 5.69 Å². The number of nitrogens with zero attached hydrogens (tertiary/aromatic N) is 1. The standard InChI is InChI=1S/C13H17NO/c1-9-6-10(2)12-8-11(4-5-15)14(3)13(12)7-9/h5-7,11H,4,8H2,1-3H3. The van der Waals surface area contributed by atoms with Crippen molar-refractivity contribution in [3.63, 3.8) is 0 Å². The summed E-state index contributed by atoms with van der Waals surface area (Å²) in [6.45, 7) is 4.27. The monoisotopic (exact) mass is 203 g/mol. The second-order valence-electron chi connectivity index (χ2n) is 4.45. The predicted molar refractivity (Wildman–Crippen MR) is 62.5 cm³/mol. The van der Waals surface area contributed by atoms with Gasteiger partial charge in [0.15, 0.2) is 0 Å². The first-order chi connectivity index (χ1) is 7.13. The highest BCUT2D eigenvalue weighted by Crippen LogP contribution is 2.34. The number of aldehydes is 1. The molecule has 0 amide bonds. The summed E-state index contributed by atoms with van der Waals surface area (Å²) in [4.78, 5) is 12.8. The molecule has 15 heavy (non-hydrogen) atoms. The maximum atomic E-state index is 10.6.